The third-order valence-corrected chi connectivity index (χ3v) is 5.59. The molecule has 0 spiro atoms. The molecule has 8 heteroatoms. The van der Waals surface area contributed by atoms with Gasteiger partial charge in [-0.1, -0.05) is 18.2 Å². The van der Waals surface area contributed by atoms with Crippen LogP contribution in [0.1, 0.15) is 0 Å². The van der Waals surface area contributed by atoms with Crippen LogP contribution in [0.4, 0.5) is 17.3 Å². The minimum Gasteiger partial charge on any atom is -0.399 e. The highest BCUT2D eigenvalue weighted by Crippen LogP contribution is 2.31. The van der Waals surface area contributed by atoms with Crippen molar-refractivity contribution in [2.75, 3.05) is 31.7 Å². The van der Waals surface area contributed by atoms with Crippen molar-refractivity contribution in [3.63, 3.8) is 0 Å². The Morgan fingerprint density at radius 3 is 2.81 bits per heavy atom. The molecule has 3 aromatic heterocycles. The van der Waals surface area contributed by atoms with Crippen molar-refractivity contribution >= 4 is 39.1 Å². The van der Waals surface area contributed by atoms with E-state index >= 15 is 0 Å². The van der Waals surface area contributed by atoms with Gasteiger partial charge in [-0.25, -0.2) is 9.97 Å². The maximum absolute atomic E-state index is 6.17. The number of benzene rings is 2. The number of aryl methyl sites for hydroxylation is 1. The van der Waals surface area contributed by atoms with E-state index in [4.69, 9.17) is 10.7 Å². The SMILES string of the molecule is CN(C)CCn1ncc2cc(N)cc(Nc3nccc(-c4cn(C)c5ccccc45)n3)c21. The van der Waals surface area contributed by atoms with Gasteiger partial charge < -0.3 is 20.5 Å². The standard InChI is InChI=1S/C24H26N8/c1-30(2)10-11-32-23-16(14-27-32)12-17(25)13-21(23)29-24-26-9-8-20(28-24)19-15-31(3)22-7-5-4-6-18(19)22/h4-9,12-15H,10-11,25H2,1-3H3,(H,26,28,29). The van der Waals surface area contributed by atoms with E-state index in [9.17, 15) is 0 Å². The quantitative estimate of drug-likeness (QED) is 0.401. The van der Waals surface area contributed by atoms with Gasteiger partial charge in [-0.15, -0.1) is 0 Å². The molecule has 0 unspecified atom stereocenters. The number of hydrogen-bond acceptors (Lipinski definition) is 6. The van der Waals surface area contributed by atoms with Crippen LogP contribution >= 0.6 is 0 Å². The molecular formula is C24H26N8. The molecule has 162 valence electrons. The number of rotatable bonds is 6. The lowest BCUT2D eigenvalue weighted by atomic mass is 10.1. The fraction of sp³-hybridized carbons (Fsp3) is 0.208. The van der Waals surface area contributed by atoms with Crippen molar-refractivity contribution in [3.8, 4) is 11.3 Å². The maximum Gasteiger partial charge on any atom is 0.227 e. The molecule has 0 amide bonds. The summed E-state index contributed by atoms with van der Waals surface area (Å²) in [6, 6.07) is 14.1. The normalized spacial score (nSPS) is 11.6. The number of aromatic nitrogens is 5. The van der Waals surface area contributed by atoms with Gasteiger partial charge in [0.05, 0.1) is 29.6 Å². The summed E-state index contributed by atoms with van der Waals surface area (Å²) in [5.74, 6) is 0.516. The Labute approximate surface area is 186 Å². The van der Waals surface area contributed by atoms with Gasteiger partial charge in [-0.2, -0.15) is 5.10 Å². The summed E-state index contributed by atoms with van der Waals surface area (Å²) < 4.78 is 4.11. The van der Waals surface area contributed by atoms with Crippen LogP contribution in [0.5, 0.6) is 0 Å². The molecule has 5 aromatic rings. The van der Waals surface area contributed by atoms with Crippen LogP contribution in [0, 0.1) is 0 Å². The first-order valence-electron chi connectivity index (χ1n) is 10.5. The Morgan fingerprint density at radius 2 is 1.97 bits per heavy atom. The number of fused-ring (bicyclic) bond motifs is 2. The molecule has 0 saturated heterocycles. The second-order valence-electron chi connectivity index (χ2n) is 8.24. The second kappa shape index (κ2) is 7.97. The van der Waals surface area contributed by atoms with Crippen molar-refractivity contribution in [2.24, 2.45) is 7.05 Å². The Kier molecular flexibility index (Phi) is 4.99. The molecular weight excluding hydrogens is 400 g/mol. The topological polar surface area (TPSA) is 89.8 Å². The predicted molar refractivity (Wildman–Crippen MR) is 130 cm³/mol. The molecule has 3 heterocycles. The smallest absolute Gasteiger partial charge is 0.227 e. The van der Waals surface area contributed by atoms with E-state index in [-0.39, 0.29) is 0 Å². The van der Waals surface area contributed by atoms with Crippen molar-refractivity contribution in [2.45, 2.75) is 6.54 Å². The first kappa shape index (κ1) is 20.0. The molecule has 0 aliphatic heterocycles. The fourth-order valence-electron chi connectivity index (χ4n) is 4.05. The van der Waals surface area contributed by atoms with Crippen molar-refractivity contribution in [1.29, 1.82) is 0 Å². The number of nitrogens with zero attached hydrogens (tertiary/aromatic N) is 6. The molecule has 5 rings (SSSR count). The molecule has 0 aliphatic carbocycles. The second-order valence-corrected chi connectivity index (χ2v) is 8.24. The summed E-state index contributed by atoms with van der Waals surface area (Å²) >= 11 is 0. The molecule has 8 nitrogen and oxygen atoms in total. The Hall–Kier alpha value is -3.91. The van der Waals surface area contributed by atoms with Crippen LogP contribution in [-0.4, -0.2) is 49.9 Å². The van der Waals surface area contributed by atoms with Gasteiger partial charge in [-0.05, 0) is 38.4 Å². The van der Waals surface area contributed by atoms with Crippen LogP contribution in [0.25, 0.3) is 33.1 Å². The Morgan fingerprint density at radius 1 is 1.12 bits per heavy atom. The van der Waals surface area contributed by atoms with Crippen LogP contribution in [-0.2, 0) is 13.6 Å². The highest BCUT2D eigenvalue weighted by atomic mass is 15.3. The van der Waals surface area contributed by atoms with Gasteiger partial charge in [0.25, 0.3) is 0 Å². The van der Waals surface area contributed by atoms with E-state index in [0.717, 1.165) is 51.8 Å². The number of nitrogens with two attached hydrogens (primary N) is 1. The molecule has 2 aromatic carbocycles. The third-order valence-electron chi connectivity index (χ3n) is 5.59. The van der Waals surface area contributed by atoms with Crippen molar-refractivity contribution in [3.05, 3.63) is 61.1 Å². The minimum absolute atomic E-state index is 0.516. The average molecular weight is 427 g/mol. The minimum atomic E-state index is 0.516. The number of nitrogens with one attached hydrogen (secondary N) is 1. The zero-order valence-corrected chi connectivity index (χ0v) is 18.4. The summed E-state index contributed by atoms with van der Waals surface area (Å²) in [5, 5.41) is 10.1. The maximum atomic E-state index is 6.17. The molecule has 0 saturated carbocycles. The monoisotopic (exact) mass is 426 g/mol. The summed E-state index contributed by atoms with van der Waals surface area (Å²) in [4.78, 5) is 11.4. The molecule has 0 radical (unpaired) electrons. The molecule has 0 fully saturated rings. The molecule has 0 atom stereocenters. The zero-order chi connectivity index (χ0) is 22.2. The lowest BCUT2D eigenvalue weighted by Crippen LogP contribution is -2.19. The first-order valence-corrected chi connectivity index (χ1v) is 10.5. The Bertz CT molecular complexity index is 1410. The van der Waals surface area contributed by atoms with Crippen LogP contribution < -0.4 is 11.1 Å². The molecule has 32 heavy (non-hydrogen) atoms. The lowest BCUT2D eigenvalue weighted by Gasteiger charge is -2.13. The van der Waals surface area contributed by atoms with E-state index in [1.165, 1.54) is 0 Å². The van der Waals surface area contributed by atoms with E-state index in [1.807, 2.05) is 48.3 Å². The molecule has 0 aliphatic rings. The van der Waals surface area contributed by atoms with E-state index in [1.54, 1.807) is 6.20 Å². The first-order chi connectivity index (χ1) is 15.5. The van der Waals surface area contributed by atoms with Crippen LogP contribution in [0.15, 0.2) is 61.1 Å². The summed E-state index contributed by atoms with van der Waals surface area (Å²) in [6.07, 6.45) is 5.73. The van der Waals surface area contributed by atoms with Crippen molar-refractivity contribution < 1.29 is 0 Å². The van der Waals surface area contributed by atoms with Gasteiger partial charge in [0.2, 0.25) is 5.95 Å². The molecule has 0 bridgehead atoms. The van der Waals surface area contributed by atoms with Gasteiger partial charge in [-0.3, -0.25) is 4.68 Å². The summed E-state index contributed by atoms with van der Waals surface area (Å²) in [5.41, 5.74) is 11.8. The number of anilines is 3. The highest BCUT2D eigenvalue weighted by molar-refractivity contribution is 5.96. The predicted octanol–water partition coefficient (Wildman–Crippen LogP) is 3.87. The van der Waals surface area contributed by atoms with Gasteiger partial charge in [0, 0.05) is 53.5 Å². The van der Waals surface area contributed by atoms with E-state index < -0.39 is 0 Å². The number of nitrogen functional groups attached to an aromatic ring is 1. The van der Waals surface area contributed by atoms with Crippen LogP contribution in [0.2, 0.25) is 0 Å². The van der Waals surface area contributed by atoms with E-state index in [0.29, 0.717) is 11.6 Å². The van der Waals surface area contributed by atoms with Crippen molar-refractivity contribution in [1.82, 2.24) is 29.2 Å². The zero-order valence-electron chi connectivity index (χ0n) is 18.4. The number of hydrogen-bond donors (Lipinski definition) is 2. The largest absolute Gasteiger partial charge is 0.399 e. The summed E-state index contributed by atoms with van der Waals surface area (Å²) in [6.45, 7) is 1.65. The highest BCUT2D eigenvalue weighted by Gasteiger charge is 2.14. The van der Waals surface area contributed by atoms with Gasteiger partial charge in [0.1, 0.15) is 0 Å². The lowest BCUT2D eigenvalue weighted by molar-refractivity contribution is 0.377. The van der Waals surface area contributed by atoms with E-state index in [2.05, 4.69) is 57.3 Å². The van der Waals surface area contributed by atoms with Crippen LogP contribution in [0.3, 0.4) is 0 Å². The van der Waals surface area contributed by atoms with Gasteiger partial charge >= 0.3 is 0 Å². The average Bonchev–Trinajstić information content (AvgIpc) is 3.34. The fourth-order valence-corrected chi connectivity index (χ4v) is 4.05. The van der Waals surface area contributed by atoms with Gasteiger partial charge in [0.15, 0.2) is 0 Å². The number of para-hydroxylation sites is 1. The Balaban J connectivity index is 1.54. The molecule has 3 N–H and O–H groups in total. The third kappa shape index (κ3) is 3.65. The number of likely N-dealkylation sites (N-methyl/N-ethyl adjacent to an activating group) is 1. The summed E-state index contributed by atoms with van der Waals surface area (Å²) in [7, 11) is 6.15.